The number of urea groups is 1. The fraction of sp³-hybridized carbons (Fsp3) is 0.200. The predicted molar refractivity (Wildman–Crippen MR) is 82.7 cm³/mol. The zero-order chi connectivity index (χ0) is 15.1. The number of aliphatic carboxylic acids is 1. The van der Waals surface area contributed by atoms with Crippen LogP contribution < -0.4 is 10.6 Å². The van der Waals surface area contributed by atoms with Crippen LogP contribution in [0, 0.1) is 0 Å². The Labute approximate surface area is 126 Å². The molecule has 3 N–H and O–H groups in total. The largest absolute Gasteiger partial charge is 0.480 e. The molecule has 0 aliphatic carbocycles. The molecule has 2 aromatic rings. The monoisotopic (exact) mass is 304 g/mol. The molecule has 0 aliphatic heterocycles. The average Bonchev–Trinajstić information content (AvgIpc) is 2.97. The predicted octanol–water partition coefficient (Wildman–Crippen LogP) is 2.96. The normalized spacial score (nSPS) is 11.6. The van der Waals surface area contributed by atoms with Crippen molar-refractivity contribution in [3.63, 3.8) is 0 Å². The lowest BCUT2D eigenvalue weighted by atomic mass is 10.1. The summed E-state index contributed by atoms with van der Waals surface area (Å²) in [4.78, 5) is 23.0. The van der Waals surface area contributed by atoms with E-state index in [1.807, 2.05) is 35.7 Å². The van der Waals surface area contributed by atoms with Crippen LogP contribution in [0.4, 0.5) is 10.5 Å². The maximum absolute atomic E-state index is 11.8. The van der Waals surface area contributed by atoms with Crippen molar-refractivity contribution in [2.45, 2.75) is 18.9 Å². The van der Waals surface area contributed by atoms with Gasteiger partial charge in [0.2, 0.25) is 0 Å². The molecular formula is C15H16N2O3S. The summed E-state index contributed by atoms with van der Waals surface area (Å²) in [5.74, 6) is -1.04. The first-order valence-electron chi connectivity index (χ1n) is 6.51. The number of carbonyl (C=O) groups excluding carboxylic acids is 1. The fourth-order valence-electron chi connectivity index (χ4n) is 1.87. The maximum Gasteiger partial charge on any atom is 0.326 e. The zero-order valence-electron chi connectivity index (χ0n) is 11.3. The Morgan fingerprint density at radius 3 is 2.57 bits per heavy atom. The molecular weight excluding hydrogens is 288 g/mol. The van der Waals surface area contributed by atoms with Crippen LogP contribution in [0.5, 0.6) is 0 Å². The second kappa shape index (κ2) is 7.44. The third kappa shape index (κ3) is 4.92. The lowest BCUT2D eigenvalue weighted by Crippen LogP contribution is -2.43. The van der Waals surface area contributed by atoms with Crippen molar-refractivity contribution in [2.24, 2.45) is 0 Å². The van der Waals surface area contributed by atoms with Gasteiger partial charge in [0.15, 0.2) is 0 Å². The molecule has 1 aromatic carbocycles. The topological polar surface area (TPSA) is 78.4 Å². The van der Waals surface area contributed by atoms with E-state index < -0.39 is 18.0 Å². The first-order chi connectivity index (χ1) is 10.1. The summed E-state index contributed by atoms with van der Waals surface area (Å²) in [6.07, 6.45) is 0.937. The van der Waals surface area contributed by atoms with E-state index in [4.69, 9.17) is 0 Å². The van der Waals surface area contributed by atoms with Gasteiger partial charge in [-0.05, 0) is 29.9 Å². The summed E-state index contributed by atoms with van der Waals surface area (Å²) >= 11 is 1.46. The number of carboxylic acid groups (broad SMARTS) is 1. The van der Waals surface area contributed by atoms with Gasteiger partial charge in [-0.1, -0.05) is 30.3 Å². The van der Waals surface area contributed by atoms with Crippen molar-refractivity contribution < 1.29 is 14.7 Å². The number of aryl methyl sites for hydroxylation is 1. The molecule has 2 amide bonds. The van der Waals surface area contributed by atoms with Crippen molar-refractivity contribution in [2.75, 3.05) is 5.32 Å². The van der Waals surface area contributed by atoms with E-state index in [9.17, 15) is 14.7 Å². The van der Waals surface area contributed by atoms with Gasteiger partial charge in [-0.2, -0.15) is 11.3 Å². The molecule has 0 aliphatic rings. The molecule has 110 valence electrons. The number of carboxylic acids is 1. The number of rotatable bonds is 6. The molecule has 6 heteroatoms. The van der Waals surface area contributed by atoms with Crippen LogP contribution in [0.25, 0.3) is 0 Å². The SMILES string of the molecule is O=C(Nc1ccsc1)N[C@@H](CCc1ccccc1)C(=O)O. The van der Waals surface area contributed by atoms with E-state index in [2.05, 4.69) is 10.6 Å². The van der Waals surface area contributed by atoms with Crippen molar-refractivity contribution in [3.8, 4) is 0 Å². The van der Waals surface area contributed by atoms with Crippen LogP contribution >= 0.6 is 11.3 Å². The summed E-state index contributed by atoms with van der Waals surface area (Å²) in [6.45, 7) is 0. The van der Waals surface area contributed by atoms with Gasteiger partial charge in [0.1, 0.15) is 6.04 Å². The Kier molecular flexibility index (Phi) is 5.34. The summed E-state index contributed by atoms with van der Waals surface area (Å²) in [7, 11) is 0. The number of amides is 2. The van der Waals surface area contributed by atoms with E-state index >= 15 is 0 Å². The molecule has 0 saturated carbocycles. The van der Waals surface area contributed by atoms with Gasteiger partial charge >= 0.3 is 12.0 Å². The second-order valence-corrected chi connectivity index (χ2v) is 5.31. The van der Waals surface area contributed by atoms with Crippen molar-refractivity contribution in [1.82, 2.24) is 5.32 Å². The van der Waals surface area contributed by atoms with E-state index in [0.29, 0.717) is 18.5 Å². The van der Waals surface area contributed by atoms with E-state index in [1.165, 1.54) is 11.3 Å². The van der Waals surface area contributed by atoms with Crippen LogP contribution in [0.15, 0.2) is 47.2 Å². The standard InChI is InChI=1S/C15H16N2O3S/c18-14(19)13(7-6-11-4-2-1-3-5-11)17-15(20)16-12-8-9-21-10-12/h1-5,8-10,13H,6-7H2,(H,18,19)(H2,16,17,20)/t13-/m0/s1. The molecule has 0 bridgehead atoms. The summed E-state index contributed by atoms with van der Waals surface area (Å²) in [5, 5.41) is 17.9. The average molecular weight is 304 g/mol. The van der Waals surface area contributed by atoms with Crippen molar-refractivity contribution >= 4 is 29.0 Å². The fourth-order valence-corrected chi connectivity index (χ4v) is 2.46. The number of anilines is 1. The van der Waals surface area contributed by atoms with Crippen LogP contribution in [0.3, 0.4) is 0 Å². The molecule has 1 heterocycles. The Hall–Kier alpha value is -2.34. The molecule has 0 saturated heterocycles. The van der Waals surface area contributed by atoms with Crippen LogP contribution in [0.2, 0.25) is 0 Å². The second-order valence-electron chi connectivity index (χ2n) is 4.53. The molecule has 1 aromatic heterocycles. The molecule has 0 spiro atoms. The highest BCUT2D eigenvalue weighted by Crippen LogP contribution is 2.11. The summed E-state index contributed by atoms with van der Waals surface area (Å²) < 4.78 is 0. The third-order valence-electron chi connectivity index (χ3n) is 2.95. The maximum atomic E-state index is 11.8. The molecule has 5 nitrogen and oxygen atoms in total. The van der Waals surface area contributed by atoms with Crippen LogP contribution in [0.1, 0.15) is 12.0 Å². The van der Waals surface area contributed by atoms with Gasteiger partial charge in [0, 0.05) is 5.38 Å². The number of hydrogen-bond donors (Lipinski definition) is 3. The van der Waals surface area contributed by atoms with E-state index in [1.54, 1.807) is 11.4 Å². The third-order valence-corrected chi connectivity index (χ3v) is 3.63. The minimum atomic E-state index is -1.04. The lowest BCUT2D eigenvalue weighted by Gasteiger charge is -2.14. The van der Waals surface area contributed by atoms with Gasteiger partial charge in [-0.15, -0.1) is 0 Å². The molecule has 2 rings (SSSR count). The van der Waals surface area contributed by atoms with Crippen molar-refractivity contribution in [3.05, 3.63) is 52.7 Å². The van der Waals surface area contributed by atoms with Gasteiger partial charge in [-0.3, -0.25) is 0 Å². The van der Waals surface area contributed by atoms with Crippen LogP contribution in [-0.4, -0.2) is 23.1 Å². The van der Waals surface area contributed by atoms with Gasteiger partial charge in [-0.25, -0.2) is 9.59 Å². The number of benzene rings is 1. The van der Waals surface area contributed by atoms with Crippen LogP contribution in [-0.2, 0) is 11.2 Å². The van der Waals surface area contributed by atoms with Crippen molar-refractivity contribution in [1.29, 1.82) is 0 Å². The first kappa shape index (κ1) is 15.1. The minimum absolute atomic E-state index is 0.344. The molecule has 0 radical (unpaired) electrons. The Balaban J connectivity index is 1.87. The highest BCUT2D eigenvalue weighted by Gasteiger charge is 2.19. The number of carbonyl (C=O) groups is 2. The van der Waals surface area contributed by atoms with E-state index in [0.717, 1.165) is 5.56 Å². The minimum Gasteiger partial charge on any atom is -0.480 e. The number of hydrogen-bond acceptors (Lipinski definition) is 3. The Bertz CT molecular complexity index is 584. The smallest absolute Gasteiger partial charge is 0.326 e. The zero-order valence-corrected chi connectivity index (χ0v) is 12.1. The Morgan fingerprint density at radius 1 is 1.19 bits per heavy atom. The summed E-state index contributed by atoms with van der Waals surface area (Å²) in [5.41, 5.74) is 1.70. The molecule has 0 unspecified atom stereocenters. The van der Waals surface area contributed by atoms with E-state index in [-0.39, 0.29) is 0 Å². The highest BCUT2D eigenvalue weighted by molar-refractivity contribution is 7.08. The summed E-state index contributed by atoms with van der Waals surface area (Å²) in [6, 6.07) is 9.92. The molecule has 21 heavy (non-hydrogen) atoms. The number of nitrogens with one attached hydrogen (secondary N) is 2. The first-order valence-corrected chi connectivity index (χ1v) is 7.46. The molecule has 1 atom stereocenters. The highest BCUT2D eigenvalue weighted by atomic mass is 32.1. The lowest BCUT2D eigenvalue weighted by molar-refractivity contribution is -0.139. The Morgan fingerprint density at radius 2 is 1.95 bits per heavy atom. The number of thiophene rings is 1. The van der Waals surface area contributed by atoms with Gasteiger partial charge in [0.25, 0.3) is 0 Å². The van der Waals surface area contributed by atoms with Gasteiger partial charge in [0.05, 0.1) is 5.69 Å². The molecule has 0 fully saturated rings. The quantitative estimate of drug-likeness (QED) is 0.767. The van der Waals surface area contributed by atoms with Gasteiger partial charge < -0.3 is 15.7 Å².